The lowest BCUT2D eigenvalue weighted by Crippen LogP contribution is -2.34. The standard InChI is InChI=1S/C20H19NO2S/c1-13(22)21-9-6-14(7-10-21)19-16-5-3-2-4-15(16)12-18(23)20-17(19)8-11-24-20/h2-5,8,11H,6-7,9-10,12H2,1H3. The van der Waals surface area contributed by atoms with Crippen LogP contribution in [0.5, 0.6) is 0 Å². The molecule has 0 unspecified atom stereocenters. The van der Waals surface area contributed by atoms with E-state index in [-0.39, 0.29) is 11.7 Å². The topological polar surface area (TPSA) is 37.4 Å². The van der Waals surface area contributed by atoms with Gasteiger partial charge in [-0.1, -0.05) is 29.8 Å². The van der Waals surface area contributed by atoms with Crippen LogP contribution >= 0.6 is 11.3 Å². The first-order valence-corrected chi connectivity index (χ1v) is 9.20. The molecule has 1 aromatic heterocycles. The second kappa shape index (κ2) is 6.02. The summed E-state index contributed by atoms with van der Waals surface area (Å²) in [4.78, 5) is 27.0. The number of amides is 1. The van der Waals surface area contributed by atoms with Gasteiger partial charge in [0.05, 0.1) is 4.88 Å². The lowest BCUT2D eigenvalue weighted by molar-refractivity contribution is -0.129. The Kier molecular flexibility index (Phi) is 3.85. The fourth-order valence-corrected chi connectivity index (χ4v) is 4.60. The minimum atomic E-state index is 0.145. The molecule has 1 amide bonds. The number of thiophene rings is 1. The van der Waals surface area contributed by atoms with Crippen molar-refractivity contribution in [1.29, 1.82) is 0 Å². The van der Waals surface area contributed by atoms with Crippen LogP contribution in [-0.4, -0.2) is 29.7 Å². The average Bonchev–Trinajstić information content (AvgIpc) is 3.02. The van der Waals surface area contributed by atoms with E-state index < -0.39 is 0 Å². The first kappa shape index (κ1) is 15.3. The zero-order valence-electron chi connectivity index (χ0n) is 13.7. The van der Waals surface area contributed by atoms with Gasteiger partial charge in [0.25, 0.3) is 0 Å². The lowest BCUT2D eigenvalue weighted by atomic mass is 9.87. The largest absolute Gasteiger partial charge is 0.342 e. The average molecular weight is 337 g/mol. The highest BCUT2D eigenvalue weighted by Gasteiger charge is 2.28. The van der Waals surface area contributed by atoms with Crippen molar-refractivity contribution in [2.45, 2.75) is 26.2 Å². The number of carbonyl (C=O) groups excluding carboxylic acids is 2. The summed E-state index contributed by atoms with van der Waals surface area (Å²) >= 11 is 1.54. The molecule has 4 heteroatoms. The van der Waals surface area contributed by atoms with Crippen molar-refractivity contribution in [3.63, 3.8) is 0 Å². The van der Waals surface area contributed by atoms with E-state index in [1.807, 2.05) is 22.4 Å². The molecule has 122 valence electrons. The number of hydrogen-bond acceptors (Lipinski definition) is 3. The summed E-state index contributed by atoms with van der Waals surface area (Å²) in [7, 11) is 0. The second-order valence-corrected chi connectivity index (χ2v) is 7.32. The Balaban J connectivity index is 1.86. The van der Waals surface area contributed by atoms with E-state index in [1.54, 1.807) is 18.3 Å². The van der Waals surface area contributed by atoms with Gasteiger partial charge in [-0.25, -0.2) is 0 Å². The van der Waals surface area contributed by atoms with Crippen molar-refractivity contribution in [1.82, 2.24) is 4.90 Å². The highest BCUT2D eigenvalue weighted by atomic mass is 32.1. The van der Waals surface area contributed by atoms with E-state index in [2.05, 4.69) is 18.2 Å². The SMILES string of the molecule is CC(=O)N1CCC(=C2c3ccccc3CC(=O)c3sccc32)CC1. The maximum Gasteiger partial charge on any atom is 0.219 e. The number of piperidine rings is 1. The predicted octanol–water partition coefficient (Wildman–Crippen LogP) is 3.93. The molecule has 0 radical (unpaired) electrons. The maximum atomic E-state index is 12.6. The number of rotatable bonds is 0. The molecule has 2 aliphatic rings. The van der Waals surface area contributed by atoms with E-state index >= 15 is 0 Å². The van der Waals surface area contributed by atoms with Crippen molar-refractivity contribution < 1.29 is 9.59 Å². The Bertz CT molecular complexity index is 852. The van der Waals surface area contributed by atoms with Crippen LogP contribution in [0.15, 0.2) is 41.3 Å². The molecule has 24 heavy (non-hydrogen) atoms. The third kappa shape index (κ3) is 2.51. The number of carbonyl (C=O) groups is 2. The van der Waals surface area contributed by atoms with Crippen molar-refractivity contribution in [3.05, 3.63) is 62.9 Å². The molecule has 3 nitrogen and oxygen atoms in total. The summed E-state index contributed by atoms with van der Waals surface area (Å²) in [6.45, 7) is 3.17. The van der Waals surface area contributed by atoms with Gasteiger partial charge < -0.3 is 4.90 Å². The van der Waals surface area contributed by atoms with Crippen LogP contribution in [-0.2, 0) is 11.2 Å². The van der Waals surface area contributed by atoms with Crippen LogP contribution in [0.2, 0.25) is 0 Å². The van der Waals surface area contributed by atoms with Crippen LogP contribution in [0.1, 0.15) is 46.1 Å². The normalized spacial score (nSPS) is 17.4. The molecule has 0 bridgehead atoms. The molecule has 1 saturated heterocycles. The number of likely N-dealkylation sites (tertiary alicyclic amines) is 1. The van der Waals surface area contributed by atoms with E-state index in [1.165, 1.54) is 16.7 Å². The van der Waals surface area contributed by atoms with E-state index in [0.29, 0.717) is 6.42 Å². The molecule has 4 rings (SSSR count). The summed E-state index contributed by atoms with van der Waals surface area (Å²) in [5.41, 5.74) is 5.99. The molecular formula is C20H19NO2S. The summed E-state index contributed by atoms with van der Waals surface area (Å²) < 4.78 is 0. The molecule has 2 aromatic rings. The van der Waals surface area contributed by atoms with E-state index in [4.69, 9.17) is 0 Å². The minimum absolute atomic E-state index is 0.145. The Morgan fingerprint density at radius 1 is 1.08 bits per heavy atom. The van der Waals surface area contributed by atoms with Crippen LogP contribution in [0.25, 0.3) is 5.57 Å². The van der Waals surface area contributed by atoms with Gasteiger partial charge in [-0.05, 0) is 41.0 Å². The molecule has 0 atom stereocenters. The van der Waals surface area contributed by atoms with E-state index in [0.717, 1.165) is 41.9 Å². The number of fused-ring (bicyclic) bond motifs is 2. The van der Waals surface area contributed by atoms with Crippen molar-refractivity contribution >= 4 is 28.6 Å². The lowest BCUT2D eigenvalue weighted by Gasteiger charge is -2.29. The fourth-order valence-electron chi connectivity index (χ4n) is 3.76. The van der Waals surface area contributed by atoms with Crippen molar-refractivity contribution in [2.75, 3.05) is 13.1 Å². The first-order chi connectivity index (χ1) is 11.6. The van der Waals surface area contributed by atoms with Gasteiger partial charge in [0, 0.05) is 32.0 Å². The van der Waals surface area contributed by atoms with Gasteiger partial charge in [0.2, 0.25) is 5.91 Å². The summed E-state index contributed by atoms with van der Waals surface area (Å²) in [5.74, 6) is 0.357. The van der Waals surface area contributed by atoms with Crippen molar-refractivity contribution in [2.24, 2.45) is 0 Å². The van der Waals surface area contributed by atoms with Crippen molar-refractivity contribution in [3.8, 4) is 0 Å². The Hall–Kier alpha value is -2.20. The second-order valence-electron chi connectivity index (χ2n) is 6.41. The Morgan fingerprint density at radius 2 is 1.83 bits per heavy atom. The monoisotopic (exact) mass is 337 g/mol. The fraction of sp³-hybridized carbons (Fsp3) is 0.300. The van der Waals surface area contributed by atoms with Gasteiger partial charge >= 0.3 is 0 Å². The van der Waals surface area contributed by atoms with Gasteiger partial charge in [0.1, 0.15) is 0 Å². The Morgan fingerprint density at radius 3 is 2.58 bits per heavy atom. The third-order valence-electron chi connectivity index (χ3n) is 4.99. The van der Waals surface area contributed by atoms with Crippen LogP contribution in [0.4, 0.5) is 0 Å². The molecule has 1 aliphatic heterocycles. The number of nitrogens with zero attached hydrogens (tertiary/aromatic N) is 1. The predicted molar refractivity (Wildman–Crippen MR) is 96.3 cm³/mol. The minimum Gasteiger partial charge on any atom is -0.342 e. The van der Waals surface area contributed by atoms with Crippen LogP contribution < -0.4 is 0 Å². The molecule has 2 heterocycles. The molecule has 0 spiro atoms. The zero-order chi connectivity index (χ0) is 16.7. The summed E-state index contributed by atoms with van der Waals surface area (Å²) in [6.07, 6.45) is 2.24. The highest BCUT2D eigenvalue weighted by molar-refractivity contribution is 7.12. The molecular weight excluding hydrogens is 318 g/mol. The van der Waals surface area contributed by atoms with E-state index in [9.17, 15) is 9.59 Å². The zero-order valence-corrected chi connectivity index (χ0v) is 14.5. The summed E-state index contributed by atoms with van der Waals surface area (Å²) in [6, 6.07) is 10.3. The van der Waals surface area contributed by atoms with Gasteiger partial charge in [-0.15, -0.1) is 11.3 Å². The molecule has 0 N–H and O–H groups in total. The van der Waals surface area contributed by atoms with Crippen LogP contribution in [0, 0.1) is 0 Å². The Labute approximate surface area is 145 Å². The van der Waals surface area contributed by atoms with Gasteiger partial charge in [0.15, 0.2) is 5.78 Å². The molecule has 1 aromatic carbocycles. The molecule has 0 saturated carbocycles. The third-order valence-corrected chi connectivity index (χ3v) is 5.95. The number of hydrogen-bond donors (Lipinski definition) is 0. The van der Waals surface area contributed by atoms with Gasteiger partial charge in [-0.3, -0.25) is 9.59 Å². The van der Waals surface area contributed by atoms with Crippen LogP contribution in [0.3, 0.4) is 0 Å². The highest BCUT2D eigenvalue weighted by Crippen LogP contribution is 2.40. The number of ketones is 1. The first-order valence-electron chi connectivity index (χ1n) is 8.32. The maximum absolute atomic E-state index is 12.6. The smallest absolute Gasteiger partial charge is 0.219 e. The molecule has 1 fully saturated rings. The quantitative estimate of drug-likeness (QED) is 0.730. The molecule has 1 aliphatic carbocycles. The van der Waals surface area contributed by atoms with Gasteiger partial charge in [-0.2, -0.15) is 0 Å². The summed E-state index contributed by atoms with van der Waals surface area (Å²) in [5, 5.41) is 2.02. The number of benzene rings is 1. The number of Topliss-reactive ketones (excluding diaryl/α,β-unsaturated/α-hetero) is 1.